The fourth-order valence-corrected chi connectivity index (χ4v) is 0.123. The lowest BCUT2D eigenvalue weighted by atomic mass is 11.3. The maximum absolute atomic E-state index is 9.52. The second kappa shape index (κ2) is 4.35. The molecule has 0 aliphatic heterocycles. The summed E-state index contributed by atoms with van der Waals surface area (Å²) in [6.07, 6.45) is -1.39. The van der Waals surface area contributed by atoms with Crippen molar-refractivity contribution in [2.24, 2.45) is 0 Å². The number of hydrogen-bond donors (Lipinski definition) is 1. The van der Waals surface area contributed by atoms with Gasteiger partial charge in [0.15, 0.2) is 0 Å². The molecule has 0 aromatic carbocycles. The van der Waals surface area contributed by atoms with E-state index >= 15 is 0 Å². The predicted molar refractivity (Wildman–Crippen MR) is 22.1 cm³/mol. The molecular weight excluding hydrogens is 116 g/mol. The summed E-state index contributed by atoms with van der Waals surface area (Å²) < 4.78 is 3.85. The van der Waals surface area contributed by atoms with Crippen molar-refractivity contribution in [3.8, 4) is 0 Å². The second-order valence-corrected chi connectivity index (χ2v) is 0.813. The first-order valence-corrected chi connectivity index (χ1v) is 1.78. The van der Waals surface area contributed by atoms with Crippen molar-refractivity contribution in [3.63, 3.8) is 0 Å². The minimum absolute atomic E-state index is 0.397. The Bertz CT molecular complexity index is 70.1. The van der Waals surface area contributed by atoms with E-state index in [9.17, 15) is 4.79 Å². The van der Waals surface area contributed by atoms with Crippen LogP contribution in [0.3, 0.4) is 0 Å². The fourth-order valence-electron chi connectivity index (χ4n) is 0.123. The highest BCUT2D eigenvalue weighted by atomic mass is 17.2. The van der Waals surface area contributed by atoms with Crippen molar-refractivity contribution in [2.75, 3.05) is 13.9 Å². The van der Waals surface area contributed by atoms with E-state index in [1.807, 2.05) is 0 Å². The number of carbonyl (C=O) groups is 1. The Morgan fingerprint density at radius 3 is 2.75 bits per heavy atom. The van der Waals surface area contributed by atoms with Gasteiger partial charge in [0.25, 0.3) is 0 Å². The summed E-state index contributed by atoms with van der Waals surface area (Å²) in [6.45, 7) is -0.397. The van der Waals surface area contributed by atoms with Crippen molar-refractivity contribution < 1.29 is 24.4 Å². The summed E-state index contributed by atoms with van der Waals surface area (Å²) in [5.74, 6) is 0. The van der Waals surface area contributed by atoms with Gasteiger partial charge in [-0.05, 0) is 0 Å². The maximum Gasteiger partial charge on any atom is 0.507 e. The molecule has 0 unspecified atom stereocenters. The molecule has 0 radical (unpaired) electrons. The number of ether oxygens (including phenoxy) is 1. The molecular formula is C3H6O5. The van der Waals surface area contributed by atoms with Gasteiger partial charge in [-0.2, -0.15) is 4.89 Å². The molecule has 0 aromatic rings. The van der Waals surface area contributed by atoms with Gasteiger partial charge >= 0.3 is 6.16 Å². The highest BCUT2D eigenvalue weighted by Gasteiger charge is 1.92. The van der Waals surface area contributed by atoms with Crippen LogP contribution in [0.25, 0.3) is 0 Å². The lowest BCUT2D eigenvalue weighted by Crippen LogP contribution is -2.04. The summed E-state index contributed by atoms with van der Waals surface area (Å²) >= 11 is 0. The van der Waals surface area contributed by atoms with Crippen LogP contribution in [-0.4, -0.2) is 25.2 Å². The zero-order chi connectivity index (χ0) is 6.41. The van der Waals surface area contributed by atoms with Crippen LogP contribution < -0.4 is 0 Å². The molecule has 0 aliphatic rings. The molecule has 0 saturated heterocycles. The van der Waals surface area contributed by atoms with Crippen LogP contribution in [0.4, 0.5) is 4.79 Å². The van der Waals surface area contributed by atoms with Crippen molar-refractivity contribution in [3.05, 3.63) is 0 Å². The molecule has 0 bridgehead atoms. The Hall–Kier alpha value is -0.810. The van der Waals surface area contributed by atoms with Crippen molar-refractivity contribution in [1.29, 1.82) is 0 Å². The Kier molecular flexibility index (Phi) is 3.91. The Morgan fingerprint density at radius 2 is 2.38 bits per heavy atom. The number of carboxylic acid groups (broad SMARTS) is 1. The van der Waals surface area contributed by atoms with Crippen molar-refractivity contribution in [1.82, 2.24) is 0 Å². The summed E-state index contributed by atoms with van der Waals surface area (Å²) in [7, 11) is 1.26. The predicted octanol–water partition coefficient (Wildman–Crippen LogP) is 0.217. The van der Waals surface area contributed by atoms with E-state index in [0.717, 1.165) is 0 Å². The molecule has 0 aliphatic carbocycles. The van der Waals surface area contributed by atoms with Crippen LogP contribution >= 0.6 is 0 Å². The van der Waals surface area contributed by atoms with E-state index in [0.29, 0.717) is 0 Å². The van der Waals surface area contributed by atoms with Crippen LogP contribution in [0.5, 0.6) is 0 Å². The molecule has 0 spiro atoms. The average Bonchev–Trinajstić information content (AvgIpc) is 1.66. The highest BCUT2D eigenvalue weighted by molar-refractivity contribution is 5.56. The Morgan fingerprint density at radius 1 is 1.75 bits per heavy atom. The first-order valence-electron chi connectivity index (χ1n) is 1.78. The van der Waals surface area contributed by atoms with Gasteiger partial charge in [0.2, 0.25) is 6.79 Å². The first-order chi connectivity index (χ1) is 3.77. The molecule has 0 aromatic heterocycles. The minimum atomic E-state index is -1.39. The number of hydrogen-bond acceptors (Lipinski definition) is 4. The molecule has 0 fully saturated rings. The molecule has 5 heteroatoms. The van der Waals surface area contributed by atoms with Gasteiger partial charge in [-0.3, -0.25) is 0 Å². The SMILES string of the molecule is COOCOC(=O)O. The summed E-state index contributed by atoms with van der Waals surface area (Å²) in [5, 5.41) is 7.78. The summed E-state index contributed by atoms with van der Waals surface area (Å²) in [6, 6.07) is 0. The second-order valence-electron chi connectivity index (χ2n) is 0.813. The van der Waals surface area contributed by atoms with Gasteiger partial charge < -0.3 is 9.84 Å². The third-order valence-corrected chi connectivity index (χ3v) is 0.348. The molecule has 0 rings (SSSR count). The fraction of sp³-hybridized carbons (Fsp3) is 0.667. The van der Waals surface area contributed by atoms with Gasteiger partial charge in [0.1, 0.15) is 0 Å². The molecule has 0 amide bonds. The highest BCUT2D eigenvalue weighted by Crippen LogP contribution is 1.77. The smallest absolute Gasteiger partial charge is 0.450 e. The van der Waals surface area contributed by atoms with Gasteiger partial charge in [-0.25, -0.2) is 9.68 Å². The van der Waals surface area contributed by atoms with Gasteiger partial charge in [0.05, 0.1) is 7.11 Å². The molecule has 1 N–H and O–H groups in total. The Labute approximate surface area is 45.7 Å². The lowest BCUT2D eigenvalue weighted by molar-refractivity contribution is -0.310. The Balaban J connectivity index is 2.82. The topological polar surface area (TPSA) is 65.0 Å². The zero-order valence-electron chi connectivity index (χ0n) is 4.29. The van der Waals surface area contributed by atoms with Gasteiger partial charge in [-0.1, -0.05) is 0 Å². The quantitative estimate of drug-likeness (QED) is 0.190. The van der Waals surface area contributed by atoms with Crippen LogP contribution in [0.2, 0.25) is 0 Å². The van der Waals surface area contributed by atoms with E-state index in [1.165, 1.54) is 7.11 Å². The van der Waals surface area contributed by atoms with E-state index in [2.05, 4.69) is 14.5 Å². The van der Waals surface area contributed by atoms with E-state index < -0.39 is 12.9 Å². The van der Waals surface area contributed by atoms with Crippen LogP contribution in [0, 0.1) is 0 Å². The largest absolute Gasteiger partial charge is 0.507 e. The molecule has 48 valence electrons. The first kappa shape index (κ1) is 7.19. The lowest BCUT2D eigenvalue weighted by Gasteiger charge is -1.95. The average molecular weight is 122 g/mol. The third-order valence-electron chi connectivity index (χ3n) is 0.348. The standard InChI is InChI=1S/C3H6O5/c1-6-8-2-7-3(4)5/h2H2,1H3,(H,4,5). The van der Waals surface area contributed by atoms with E-state index in [1.54, 1.807) is 0 Å². The normalized spacial score (nSPS) is 8.62. The third kappa shape index (κ3) is 5.19. The molecule has 0 atom stereocenters. The van der Waals surface area contributed by atoms with Crippen molar-refractivity contribution in [2.45, 2.75) is 0 Å². The summed E-state index contributed by atoms with van der Waals surface area (Å²) in [5.41, 5.74) is 0. The minimum Gasteiger partial charge on any atom is -0.450 e. The van der Waals surface area contributed by atoms with Gasteiger partial charge in [0, 0.05) is 0 Å². The maximum atomic E-state index is 9.52. The molecule has 8 heavy (non-hydrogen) atoms. The van der Waals surface area contributed by atoms with Crippen LogP contribution in [0.15, 0.2) is 0 Å². The molecule has 5 nitrogen and oxygen atoms in total. The van der Waals surface area contributed by atoms with Crippen molar-refractivity contribution >= 4 is 6.16 Å². The zero-order valence-corrected chi connectivity index (χ0v) is 4.29. The van der Waals surface area contributed by atoms with Crippen LogP contribution in [-0.2, 0) is 14.5 Å². The number of rotatable bonds is 3. The molecule has 0 saturated carbocycles. The van der Waals surface area contributed by atoms with Gasteiger partial charge in [-0.15, -0.1) is 0 Å². The van der Waals surface area contributed by atoms with E-state index in [4.69, 9.17) is 5.11 Å². The monoisotopic (exact) mass is 122 g/mol. The summed E-state index contributed by atoms with van der Waals surface area (Å²) in [4.78, 5) is 17.6. The molecule has 0 heterocycles. The van der Waals surface area contributed by atoms with E-state index in [-0.39, 0.29) is 0 Å². The van der Waals surface area contributed by atoms with Crippen LogP contribution in [0.1, 0.15) is 0 Å².